The Morgan fingerprint density at radius 2 is 1.71 bits per heavy atom. The Morgan fingerprint density at radius 3 is 2.29 bits per heavy atom. The molecule has 1 atom stereocenters. The van der Waals surface area contributed by atoms with Gasteiger partial charge >= 0.3 is 0 Å². The fourth-order valence-corrected chi connectivity index (χ4v) is 2.51. The van der Waals surface area contributed by atoms with E-state index in [1.807, 2.05) is 20.8 Å². The van der Waals surface area contributed by atoms with Gasteiger partial charge in [-0.15, -0.1) is 0 Å². The van der Waals surface area contributed by atoms with Gasteiger partial charge in [0.25, 0.3) is 0 Å². The van der Waals surface area contributed by atoms with Gasteiger partial charge in [0, 0.05) is 18.0 Å². The first-order valence-corrected chi connectivity index (χ1v) is 7.18. The fraction of sp³-hybridized carbons (Fsp3) is 0.312. The number of nitrogens with zero attached hydrogens (tertiary/aromatic N) is 2. The minimum Gasteiger partial charge on any atom is -0.470 e. The smallest absolute Gasteiger partial charge is 0.167 e. The molecule has 0 aliphatic rings. The van der Waals surface area contributed by atoms with Crippen LogP contribution in [0.15, 0.2) is 30.9 Å². The standard InChI is InChI=1S/C16H19N3OS/c1-10-5-11(2)15(12(3)6-10)20-13(4)19-16(21)14-7-17-9-18-8-14/h5-9,13H,1-4H3,(H,19,21). The maximum absolute atomic E-state index is 5.98. The lowest BCUT2D eigenvalue weighted by Gasteiger charge is -2.21. The van der Waals surface area contributed by atoms with Crippen molar-refractivity contribution in [1.82, 2.24) is 15.3 Å². The summed E-state index contributed by atoms with van der Waals surface area (Å²) < 4.78 is 5.98. The molecule has 5 heteroatoms. The molecule has 2 rings (SSSR count). The van der Waals surface area contributed by atoms with Crippen LogP contribution in [0.1, 0.15) is 29.2 Å². The summed E-state index contributed by atoms with van der Waals surface area (Å²) in [6.45, 7) is 8.10. The zero-order chi connectivity index (χ0) is 15.4. The number of benzene rings is 1. The van der Waals surface area contributed by atoms with E-state index >= 15 is 0 Å². The third-order valence-electron chi connectivity index (χ3n) is 3.06. The third-order valence-corrected chi connectivity index (χ3v) is 3.41. The van der Waals surface area contributed by atoms with E-state index in [-0.39, 0.29) is 6.23 Å². The molecule has 1 unspecified atom stereocenters. The predicted molar refractivity (Wildman–Crippen MR) is 87.6 cm³/mol. The highest BCUT2D eigenvalue weighted by molar-refractivity contribution is 7.80. The van der Waals surface area contributed by atoms with Crippen molar-refractivity contribution in [2.45, 2.75) is 33.9 Å². The molecule has 0 aliphatic heterocycles. The summed E-state index contributed by atoms with van der Waals surface area (Å²) in [6.07, 6.45) is 4.60. The van der Waals surface area contributed by atoms with Crippen LogP contribution in [-0.2, 0) is 0 Å². The Hall–Kier alpha value is -2.01. The lowest BCUT2D eigenvalue weighted by molar-refractivity contribution is 0.205. The van der Waals surface area contributed by atoms with Gasteiger partial charge in [0.15, 0.2) is 6.23 Å². The Labute approximate surface area is 130 Å². The number of aryl methyl sites for hydroxylation is 3. The number of thiocarbonyl (C=S) groups is 1. The van der Waals surface area contributed by atoms with Gasteiger partial charge in [-0.3, -0.25) is 0 Å². The topological polar surface area (TPSA) is 47.0 Å². The van der Waals surface area contributed by atoms with Gasteiger partial charge in [-0.05, 0) is 38.8 Å². The second-order valence-electron chi connectivity index (χ2n) is 5.09. The van der Waals surface area contributed by atoms with E-state index in [9.17, 15) is 0 Å². The van der Waals surface area contributed by atoms with Crippen LogP contribution in [0.5, 0.6) is 5.75 Å². The number of hydrogen-bond acceptors (Lipinski definition) is 4. The molecule has 0 spiro atoms. The number of nitrogens with one attached hydrogen (secondary N) is 1. The summed E-state index contributed by atoms with van der Waals surface area (Å²) in [5.74, 6) is 0.896. The van der Waals surface area contributed by atoms with Crippen molar-refractivity contribution in [2.75, 3.05) is 0 Å². The molecule has 1 aromatic carbocycles. The summed E-state index contributed by atoms with van der Waals surface area (Å²) in [5, 5.41) is 3.14. The van der Waals surface area contributed by atoms with Crippen LogP contribution in [0, 0.1) is 20.8 Å². The first kappa shape index (κ1) is 15.4. The van der Waals surface area contributed by atoms with Gasteiger partial charge in [-0.1, -0.05) is 29.9 Å². The highest BCUT2D eigenvalue weighted by Gasteiger charge is 2.11. The van der Waals surface area contributed by atoms with Gasteiger partial charge < -0.3 is 10.1 Å². The lowest BCUT2D eigenvalue weighted by Crippen LogP contribution is -2.36. The maximum Gasteiger partial charge on any atom is 0.167 e. The first-order valence-electron chi connectivity index (χ1n) is 6.77. The van der Waals surface area contributed by atoms with Crippen LogP contribution >= 0.6 is 12.2 Å². The Morgan fingerprint density at radius 1 is 1.14 bits per heavy atom. The minimum atomic E-state index is -0.238. The summed E-state index contributed by atoms with van der Waals surface area (Å²) in [5.41, 5.74) is 4.25. The second-order valence-corrected chi connectivity index (χ2v) is 5.50. The molecule has 1 heterocycles. The normalized spacial score (nSPS) is 11.8. The third kappa shape index (κ3) is 3.98. The quantitative estimate of drug-likeness (QED) is 0.694. The van der Waals surface area contributed by atoms with Crippen LogP contribution in [0.4, 0.5) is 0 Å². The molecule has 1 aromatic heterocycles. The largest absolute Gasteiger partial charge is 0.470 e. The minimum absolute atomic E-state index is 0.238. The molecule has 21 heavy (non-hydrogen) atoms. The predicted octanol–water partition coefficient (Wildman–Crippen LogP) is 3.09. The summed E-state index contributed by atoms with van der Waals surface area (Å²) in [6, 6.07) is 4.22. The van der Waals surface area contributed by atoms with Gasteiger partial charge in [0.05, 0.1) is 0 Å². The molecular formula is C16H19N3OS. The van der Waals surface area contributed by atoms with Crippen LogP contribution < -0.4 is 10.1 Å². The van der Waals surface area contributed by atoms with Gasteiger partial charge in [0.2, 0.25) is 0 Å². The zero-order valence-electron chi connectivity index (χ0n) is 12.7. The molecule has 0 saturated heterocycles. The van der Waals surface area contributed by atoms with E-state index in [1.165, 1.54) is 11.9 Å². The average molecular weight is 301 g/mol. The molecule has 0 bridgehead atoms. The van der Waals surface area contributed by atoms with E-state index in [1.54, 1.807) is 12.4 Å². The lowest BCUT2D eigenvalue weighted by atomic mass is 10.1. The van der Waals surface area contributed by atoms with Gasteiger partial charge in [0.1, 0.15) is 17.1 Å². The highest BCUT2D eigenvalue weighted by atomic mass is 32.1. The first-order chi connectivity index (χ1) is 9.97. The number of aromatic nitrogens is 2. The molecule has 0 aliphatic carbocycles. The number of rotatable bonds is 4. The van der Waals surface area contributed by atoms with Crippen molar-refractivity contribution in [3.05, 3.63) is 53.1 Å². The van der Waals surface area contributed by atoms with E-state index in [4.69, 9.17) is 17.0 Å². The molecule has 1 N–H and O–H groups in total. The Bertz CT molecular complexity index is 620. The molecule has 0 fully saturated rings. The highest BCUT2D eigenvalue weighted by Crippen LogP contribution is 2.25. The van der Waals surface area contributed by atoms with E-state index in [0.29, 0.717) is 4.99 Å². The molecule has 0 radical (unpaired) electrons. The Kier molecular flexibility index (Phi) is 4.85. The fourth-order valence-electron chi connectivity index (χ4n) is 2.24. The summed E-state index contributed by atoms with van der Waals surface area (Å²) in [7, 11) is 0. The number of hydrogen-bond donors (Lipinski definition) is 1. The van der Waals surface area contributed by atoms with Gasteiger partial charge in [-0.2, -0.15) is 0 Å². The SMILES string of the molecule is Cc1cc(C)c(OC(C)NC(=S)c2cncnc2)c(C)c1. The average Bonchev–Trinajstić information content (AvgIpc) is 2.43. The molecular weight excluding hydrogens is 282 g/mol. The van der Waals surface area contributed by atoms with Crippen molar-refractivity contribution in [2.24, 2.45) is 0 Å². The maximum atomic E-state index is 5.98. The van der Waals surface area contributed by atoms with E-state index < -0.39 is 0 Å². The van der Waals surface area contributed by atoms with Crippen LogP contribution in [0.25, 0.3) is 0 Å². The van der Waals surface area contributed by atoms with Crippen LogP contribution in [0.3, 0.4) is 0 Å². The molecule has 2 aromatic rings. The van der Waals surface area contributed by atoms with Crippen LogP contribution in [-0.4, -0.2) is 21.2 Å². The molecule has 0 saturated carbocycles. The van der Waals surface area contributed by atoms with Crippen molar-refractivity contribution in [3.63, 3.8) is 0 Å². The number of ether oxygens (including phenoxy) is 1. The Balaban J connectivity index is 2.06. The van der Waals surface area contributed by atoms with Crippen molar-refractivity contribution >= 4 is 17.2 Å². The second kappa shape index (κ2) is 6.63. The van der Waals surface area contributed by atoms with Crippen molar-refractivity contribution in [3.8, 4) is 5.75 Å². The van der Waals surface area contributed by atoms with Crippen molar-refractivity contribution < 1.29 is 4.74 Å². The zero-order valence-corrected chi connectivity index (χ0v) is 13.5. The van der Waals surface area contributed by atoms with E-state index in [2.05, 4.69) is 34.3 Å². The monoisotopic (exact) mass is 301 g/mol. The summed E-state index contributed by atoms with van der Waals surface area (Å²) >= 11 is 5.33. The van der Waals surface area contributed by atoms with Crippen LogP contribution in [0.2, 0.25) is 0 Å². The van der Waals surface area contributed by atoms with Crippen molar-refractivity contribution in [1.29, 1.82) is 0 Å². The molecule has 4 nitrogen and oxygen atoms in total. The summed E-state index contributed by atoms with van der Waals surface area (Å²) in [4.78, 5) is 8.49. The van der Waals surface area contributed by atoms with Gasteiger partial charge in [-0.25, -0.2) is 9.97 Å². The molecule has 110 valence electrons. The molecule has 0 amide bonds. The van der Waals surface area contributed by atoms with E-state index in [0.717, 1.165) is 22.4 Å².